The van der Waals surface area contributed by atoms with Gasteiger partial charge in [-0.25, -0.2) is 9.67 Å². The highest BCUT2D eigenvalue weighted by molar-refractivity contribution is 5.90. The zero-order valence-electron chi connectivity index (χ0n) is 9.79. The molecule has 0 aliphatic rings. The summed E-state index contributed by atoms with van der Waals surface area (Å²) in [6.45, 7) is -0.0874. The number of aromatic amines is 1. The fourth-order valence-corrected chi connectivity index (χ4v) is 1.98. The molecule has 0 aromatic carbocycles. The first-order valence-electron chi connectivity index (χ1n) is 5.49. The Morgan fingerprint density at radius 3 is 3.11 bits per heavy atom. The van der Waals surface area contributed by atoms with Crippen LogP contribution in [-0.2, 0) is 6.61 Å². The molecular formula is C12H12N4O2. The SMILES string of the molecule is COc1cnc(-n2nccc2CO)c2[nH]ccc12. The van der Waals surface area contributed by atoms with E-state index < -0.39 is 0 Å². The Morgan fingerprint density at radius 1 is 1.44 bits per heavy atom. The number of nitrogens with zero attached hydrogens (tertiary/aromatic N) is 3. The standard InChI is InChI=1S/C12H12N4O2/c1-18-10-6-14-12(11-9(10)3-4-13-11)16-8(7-17)2-5-15-16/h2-6,13,17H,7H2,1H3. The van der Waals surface area contributed by atoms with E-state index in [9.17, 15) is 5.11 Å². The van der Waals surface area contributed by atoms with Gasteiger partial charge in [-0.15, -0.1) is 0 Å². The molecule has 0 bridgehead atoms. The molecule has 0 aliphatic heterocycles. The molecule has 3 rings (SSSR count). The topological polar surface area (TPSA) is 76.0 Å². The lowest BCUT2D eigenvalue weighted by molar-refractivity contribution is 0.273. The highest BCUT2D eigenvalue weighted by Crippen LogP contribution is 2.27. The summed E-state index contributed by atoms with van der Waals surface area (Å²) in [6.07, 6.45) is 5.10. The number of rotatable bonds is 3. The van der Waals surface area contributed by atoms with Crippen molar-refractivity contribution in [2.45, 2.75) is 6.61 Å². The van der Waals surface area contributed by atoms with Crippen molar-refractivity contribution in [1.29, 1.82) is 0 Å². The first-order valence-corrected chi connectivity index (χ1v) is 5.49. The van der Waals surface area contributed by atoms with Gasteiger partial charge in [0.2, 0.25) is 0 Å². The summed E-state index contributed by atoms with van der Waals surface area (Å²) >= 11 is 0. The Morgan fingerprint density at radius 2 is 2.33 bits per heavy atom. The fourth-order valence-electron chi connectivity index (χ4n) is 1.98. The Hall–Kier alpha value is -2.34. The number of fused-ring (bicyclic) bond motifs is 1. The van der Waals surface area contributed by atoms with Crippen molar-refractivity contribution in [3.05, 3.63) is 36.4 Å². The second kappa shape index (κ2) is 4.15. The van der Waals surface area contributed by atoms with Crippen LogP contribution in [0.5, 0.6) is 5.75 Å². The van der Waals surface area contributed by atoms with Crippen LogP contribution in [0.2, 0.25) is 0 Å². The highest BCUT2D eigenvalue weighted by atomic mass is 16.5. The number of hydrogen-bond acceptors (Lipinski definition) is 4. The molecule has 0 amide bonds. The third-order valence-electron chi connectivity index (χ3n) is 2.84. The summed E-state index contributed by atoms with van der Waals surface area (Å²) < 4.78 is 6.86. The van der Waals surface area contributed by atoms with Crippen LogP contribution in [0.25, 0.3) is 16.7 Å². The number of aliphatic hydroxyl groups is 1. The van der Waals surface area contributed by atoms with E-state index in [1.54, 1.807) is 30.3 Å². The zero-order valence-corrected chi connectivity index (χ0v) is 9.79. The summed E-state index contributed by atoms with van der Waals surface area (Å²) in [4.78, 5) is 7.45. The molecule has 18 heavy (non-hydrogen) atoms. The van der Waals surface area contributed by atoms with Crippen molar-refractivity contribution in [2.24, 2.45) is 0 Å². The lowest BCUT2D eigenvalue weighted by Gasteiger charge is -2.08. The van der Waals surface area contributed by atoms with Gasteiger partial charge in [-0.2, -0.15) is 5.10 Å². The molecule has 6 nitrogen and oxygen atoms in total. The highest BCUT2D eigenvalue weighted by Gasteiger charge is 2.13. The number of H-pyrrole nitrogens is 1. The maximum absolute atomic E-state index is 9.27. The Kier molecular flexibility index (Phi) is 2.49. The van der Waals surface area contributed by atoms with Gasteiger partial charge in [0.1, 0.15) is 5.75 Å². The Labute approximate surface area is 103 Å². The van der Waals surface area contributed by atoms with E-state index in [0.717, 1.165) is 10.9 Å². The minimum absolute atomic E-state index is 0.0874. The lowest BCUT2D eigenvalue weighted by Crippen LogP contribution is -2.05. The van der Waals surface area contributed by atoms with E-state index in [0.29, 0.717) is 17.3 Å². The summed E-state index contributed by atoms with van der Waals surface area (Å²) in [5.41, 5.74) is 1.51. The molecule has 0 radical (unpaired) electrons. The molecule has 92 valence electrons. The molecule has 0 saturated carbocycles. The van der Waals surface area contributed by atoms with Crippen LogP contribution in [0.15, 0.2) is 30.7 Å². The largest absolute Gasteiger partial charge is 0.494 e. The van der Waals surface area contributed by atoms with Crippen molar-refractivity contribution in [2.75, 3.05) is 7.11 Å². The van der Waals surface area contributed by atoms with Crippen molar-refractivity contribution in [3.8, 4) is 11.6 Å². The van der Waals surface area contributed by atoms with Crippen LogP contribution in [0.4, 0.5) is 0 Å². The summed E-state index contributed by atoms with van der Waals surface area (Å²) in [6, 6.07) is 3.67. The van der Waals surface area contributed by atoms with Crippen LogP contribution in [-0.4, -0.2) is 32.0 Å². The number of pyridine rings is 1. The number of ether oxygens (including phenoxy) is 1. The van der Waals surface area contributed by atoms with E-state index in [4.69, 9.17) is 4.74 Å². The fraction of sp³-hybridized carbons (Fsp3) is 0.167. The molecule has 0 aliphatic carbocycles. The van der Waals surface area contributed by atoms with E-state index in [-0.39, 0.29) is 6.61 Å². The minimum Gasteiger partial charge on any atom is -0.494 e. The monoisotopic (exact) mass is 244 g/mol. The quantitative estimate of drug-likeness (QED) is 0.727. The van der Waals surface area contributed by atoms with Gasteiger partial charge >= 0.3 is 0 Å². The van der Waals surface area contributed by atoms with Crippen molar-refractivity contribution >= 4 is 10.9 Å². The van der Waals surface area contributed by atoms with Gasteiger partial charge in [-0.3, -0.25) is 0 Å². The summed E-state index contributed by atoms with van der Waals surface area (Å²) in [5.74, 6) is 1.34. The zero-order chi connectivity index (χ0) is 12.5. The minimum atomic E-state index is -0.0874. The third-order valence-corrected chi connectivity index (χ3v) is 2.84. The van der Waals surface area contributed by atoms with Gasteiger partial charge in [0.05, 0.1) is 31.1 Å². The number of hydrogen-bond donors (Lipinski definition) is 2. The number of nitrogens with one attached hydrogen (secondary N) is 1. The molecule has 3 heterocycles. The molecular weight excluding hydrogens is 232 g/mol. The first kappa shape index (κ1) is 10.8. The number of aliphatic hydroxyl groups excluding tert-OH is 1. The maximum Gasteiger partial charge on any atom is 0.178 e. The molecule has 3 aromatic rings. The number of methoxy groups -OCH3 is 1. The molecule has 0 fully saturated rings. The normalized spacial score (nSPS) is 11.0. The molecule has 0 saturated heterocycles. The average Bonchev–Trinajstić information content (AvgIpc) is 3.05. The summed E-state index contributed by atoms with van der Waals surface area (Å²) in [7, 11) is 1.61. The molecule has 2 N–H and O–H groups in total. The van der Waals surface area contributed by atoms with Crippen molar-refractivity contribution < 1.29 is 9.84 Å². The third kappa shape index (κ3) is 1.46. The molecule has 6 heteroatoms. The predicted molar refractivity (Wildman–Crippen MR) is 65.7 cm³/mol. The Balaban J connectivity index is 2.27. The second-order valence-electron chi connectivity index (χ2n) is 3.81. The van der Waals surface area contributed by atoms with Crippen LogP contribution in [0.3, 0.4) is 0 Å². The Bertz CT molecular complexity index is 686. The smallest absolute Gasteiger partial charge is 0.178 e. The molecule has 0 unspecified atom stereocenters. The molecule has 0 spiro atoms. The van der Waals surface area contributed by atoms with Gasteiger partial charge in [-0.05, 0) is 12.1 Å². The van der Waals surface area contributed by atoms with Gasteiger partial charge < -0.3 is 14.8 Å². The van der Waals surface area contributed by atoms with Gasteiger partial charge in [0.25, 0.3) is 0 Å². The molecule has 3 aromatic heterocycles. The van der Waals surface area contributed by atoms with Crippen LogP contribution in [0.1, 0.15) is 5.69 Å². The van der Waals surface area contributed by atoms with Crippen molar-refractivity contribution in [1.82, 2.24) is 19.7 Å². The molecule has 0 atom stereocenters. The van der Waals surface area contributed by atoms with Crippen LogP contribution >= 0.6 is 0 Å². The maximum atomic E-state index is 9.27. The number of aromatic nitrogens is 4. The summed E-state index contributed by atoms with van der Waals surface area (Å²) in [5, 5.41) is 14.4. The van der Waals surface area contributed by atoms with Gasteiger partial charge in [-0.1, -0.05) is 0 Å². The van der Waals surface area contributed by atoms with Gasteiger partial charge in [0, 0.05) is 17.8 Å². The predicted octanol–water partition coefficient (Wildman–Crippen LogP) is 1.25. The van der Waals surface area contributed by atoms with Gasteiger partial charge in [0.15, 0.2) is 5.82 Å². The average molecular weight is 244 g/mol. The van der Waals surface area contributed by atoms with Crippen molar-refractivity contribution in [3.63, 3.8) is 0 Å². The lowest BCUT2D eigenvalue weighted by atomic mass is 10.3. The second-order valence-corrected chi connectivity index (χ2v) is 3.81. The first-order chi connectivity index (χ1) is 8.85. The van der Waals surface area contributed by atoms with E-state index in [2.05, 4.69) is 15.1 Å². The van der Waals surface area contributed by atoms with E-state index in [1.165, 1.54) is 0 Å². The van der Waals surface area contributed by atoms with E-state index >= 15 is 0 Å². The van der Waals surface area contributed by atoms with Crippen LogP contribution in [0, 0.1) is 0 Å². The van der Waals surface area contributed by atoms with E-state index in [1.807, 2.05) is 12.3 Å². The van der Waals surface area contributed by atoms with Crippen LogP contribution < -0.4 is 4.74 Å².